The zero-order valence-corrected chi connectivity index (χ0v) is 7.93. The third kappa shape index (κ3) is 2.68. The van der Waals surface area contributed by atoms with Gasteiger partial charge in [-0.1, -0.05) is 12.1 Å². The highest BCUT2D eigenvalue weighted by atomic mass is 32.1. The Morgan fingerprint density at radius 3 is 2.36 bits per heavy atom. The Hall–Kier alpha value is -1.66. The Bertz CT molecular complexity index is 350. The van der Waals surface area contributed by atoms with E-state index < -0.39 is 5.97 Å². The molecule has 0 bridgehead atoms. The largest absolute Gasteiger partial charge is 0.545 e. The van der Waals surface area contributed by atoms with Crippen LogP contribution < -0.4 is 21.7 Å². The topological polar surface area (TPSA) is 90.2 Å². The minimum atomic E-state index is -1.21. The molecule has 4 N–H and O–H groups in total. The monoisotopic (exact) mass is 210 g/mol. The van der Waals surface area contributed by atoms with E-state index in [2.05, 4.69) is 10.7 Å². The third-order valence-corrected chi connectivity index (χ3v) is 1.73. The van der Waals surface area contributed by atoms with Crippen LogP contribution in [0.5, 0.6) is 0 Å². The number of thiocarbonyl (C=S) groups is 1. The number of carbonyl (C=O) groups is 1. The average molecular weight is 210 g/mol. The molecule has 1 aromatic rings. The molecular formula is C8H8N3O2S-. The van der Waals surface area contributed by atoms with Crippen molar-refractivity contribution in [1.29, 1.82) is 0 Å². The molecule has 0 atom stereocenters. The molecule has 1 rings (SSSR count). The van der Waals surface area contributed by atoms with Crippen molar-refractivity contribution in [2.24, 2.45) is 5.84 Å². The molecule has 0 radical (unpaired) electrons. The molecule has 0 fully saturated rings. The molecule has 14 heavy (non-hydrogen) atoms. The van der Waals surface area contributed by atoms with E-state index in [-0.39, 0.29) is 10.7 Å². The highest BCUT2D eigenvalue weighted by Gasteiger charge is 1.96. The number of carboxylic acids is 1. The lowest BCUT2D eigenvalue weighted by Crippen LogP contribution is -2.34. The maximum absolute atomic E-state index is 10.4. The first-order chi connectivity index (χ1) is 6.63. The number of benzene rings is 1. The van der Waals surface area contributed by atoms with Gasteiger partial charge in [0, 0.05) is 5.69 Å². The lowest BCUT2D eigenvalue weighted by molar-refractivity contribution is -0.255. The van der Waals surface area contributed by atoms with E-state index in [4.69, 9.17) is 18.1 Å². The number of rotatable bonds is 2. The smallest absolute Gasteiger partial charge is 0.185 e. The van der Waals surface area contributed by atoms with Crippen LogP contribution in [0.3, 0.4) is 0 Å². The number of carbonyl (C=O) groups excluding carboxylic acids is 1. The Labute approximate surface area is 85.9 Å². The van der Waals surface area contributed by atoms with E-state index in [0.717, 1.165) is 0 Å². The summed E-state index contributed by atoms with van der Waals surface area (Å²) in [5.41, 5.74) is 3.01. The Morgan fingerprint density at radius 2 is 1.93 bits per heavy atom. The zero-order valence-electron chi connectivity index (χ0n) is 7.11. The second-order valence-corrected chi connectivity index (χ2v) is 2.87. The predicted molar refractivity (Wildman–Crippen MR) is 54.3 cm³/mol. The Balaban J connectivity index is 2.73. The van der Waals surface area contributed by atoms with Crippen LogP contribution in [0.25, 0.3) is 0 Å². The normalized spacial score (nSPS) is 9.21. The summed E-state index contributed by atoms with van der Waals surface area (Å²) in [6.45, 7) is 0. The average Bonchev–Trinajstić information content (AvgIpc) is 2.18. The fourth-order valence-corrected chi connectivity index (χ4v) is 0.975. The number of hydrogen-bond donors (Lipinski definition) is 3. The summed E-state index contributed by atoms with van der Waals surface area (Å²) in [5, 5.41) is 13.4. The van der Waals surface area contributed by atoms with E-state index in [1.54, 1.807) is 12.1 Å². The van der Waals surface area contributed by atoms with Gasteiger partial charge in [0.25, 0.3) is 0 Å². The standard InChI is InChI=1S/C8H9N3O2S/c9-11-8(14)10-6-3-1-5(2-4-6)7(12)13/h1-4H,9H2,(H,12,13)(H2,10,11,14)/p-1. The summed E-state index contributed by atoms with van der Waals surface area (Å²) in [4.78, 5) is 10.4. The number of anilines is 1. The van der Waals surface area contributed by atoms with Gasteiger partial charge in [-0.2, -0.15) is 0 Å². The summed E-state index contributed by atoms with van der Waals surface area (Å²) >= 11 is 4.75. The van der Waals surface area contributed by atoms with Crippen LogP contribution in [0.1, 0.15) is 10.4 Å². The number of nitrogens with one attached hydrogen (secondary N) is 2. The van der Waals surface area contributed by atoms with Crippen molar-refractivity contribution in [3.8, 4) is 0 Å². The first-order valence-corrected chi connectivity index (χ1v) is 4.13. The molecule has 5 nitrogen and oxygen atoms in total. The quantitative estimate of drug-likeness (QED) is 0.337. The van der Waals surface area contributed by atoms with Crippen LogP contribution in [0.2, 0.25) is 0 Å². The lowest BCUT2D eigenvalue weighted by atomic mass is 10.2. The molecular weight excluding hydrogens is 202 g/mol. The lowest BCUT2D eigenvalue weighted by Gasteiger charge is -2.07. The van der Waals surface area contributed by atoms with Crippen LogP contribution in [0.15, 0.2) is 24.3 Å². The van der Waals surface area contributed by atoms with E-state index in [1.165, 1.54) is 12.1 Å². The van der Waals surface area contributed by atoms with Crippen molar-refractivity contribution in [1.82, 2.24) is 5.43 Å². The van der Waals surface area contributed by atoms with Gasteiger partial charge in [0.05, 0.1) is 5.97 Å². The summed E-state index contributed by atoms with van der Waals surface area (Å²) in [6.07, 6.45) is 0. The minimum absolute atomic E-state index is 0.113. The molecule has 0 saturated heterocycles. The van der Waals surface area contributed by atoms with Crippen molar-refractivity contribution in [2.45, 2.75) is 0 Å². The molecule has 0 spiro atoms. The molecule has 0 aliphatic rings. The Kier molecular flexibility index (Phi) is 3.38. The zero-order chi connectivity index (χ0) is 10.6. The van der Waals surface area contributed by atoms with Crippen molar-refractivity contribution in [2.75, 3.05) is 5.32 Å². The van der Waals surface area contributed by atoms with Gasteiger partial charge >= 0.3 is 0 Å². The summed E-state index contributed by atoms with van der Waals surface area (Å²) in [5.74, 6) is 3.83. The van der Waals surface area contributed by atoms with E-state index in [1.807, 2.05) is 0 Å². The fraction of sp³-hybridized carbons (Fsp3) is 0. The van der Waals surface area contributed by atoms with Crippen molar-refractivity contribution < 1.29 is 9.90 Å². The van der Waals surface area contributed by atoms with Crippen LogP contribution in [0.4, 0.5) is 5.69 Å². The third-order valence-electron chi connectivity index (χ3n) is 1.51. The highest BCUT2D eigenvalue weighted by molar-refractivity contribution is 7.80. The van der Waals surface area contributed by atoms with E-state index >= 15 is 0 Å². The summed E-state index contributed by atoms with van der Waals surface area (Å²) in [7, 11) is 0. The van der Waals surface area contributed by atoms with Crippen LogP contribution >= 0.6 is 12.2 Å². The van der Waals surface area contributed by atoms with Gasteiger partial charge in [0.2, 0.25) is 0 Å². The van der Waals surface area contributed by atoms with Crippen molar-refractivity contribution in [3.05, 3.63) is 29.8 Å². The first kappa shape index (κ1) is 10.4. The predicted octanol–water partition coefficient (Wildman–Crippen LogP) is -0.790. The number of carboxylic acid groups (broad SMARTS) is 1. The number of aromatic carboxylic acids is 1. The molecule has 6 heteroatoms. The molecule has 0 heterocycles. The fourth-order valence-electron chi connectivity index (χ4n) is 0.857. The van der Waals surface area contributed by atoms with Crippen LogP contribution in [0, 0.1) is 0 Å². The van der Waals surface area contributed by atoms with Crippen LogP contribution in [-0.4, -0.2) is 11.1 Å². The van der Waals surface area contributed by atoms with Crippen molar-refractivity contribution >= 4 is 29.0 Å². The number of hydrazine groups is 1. The molecule has 0 aromatic heterocycles. The molecule has 0 amide bonds. The molecule has 1 aromatic carbocycles. The summed E-state index contributed by atoms with van der Waals surface area (Å²) < 4.78 is 0. The molecule has 0 saturated carbocycles. The van der Waals surface area contributed by atoms with Gasteiger partial charge in [-0.3, -0.25) is 0 Å². The van der Waals surface area contributed by atoms with Gasteiger partial charge in [-0.15, -0.1) is 0 Å². The minimum Gasteiger partial charge on any atom is -0.545 e. The SMILES string of the molecule is NNC(=S)Nc1ccc(C(=O)[O-])cc1. The highest BCUT2D eigenvalue weighted by Crippen LogP contribution is 2.08. The second-order valence-electron chi connectivity index (χ2n) is 2.46. The second kappa shape index (κ2) is 4.54. The van der Waals surface area contributed by atoms with Gasteiger partial charge in [0.15, 0.2) is 5.11 Å². The van der Waals surface area contributed by atoms with E-state index in [0.29, 0.717) is 5.69 Å². The molecule has 0 unspecified atom stereocenters. The summed E-state index contributed by atoms with van der Waals surface area (Å²) in [6, 6.07) is 5.96. The molecule has 0 aliphatic carbocycles. The number of nitrogens with two attached hydrogens (primary N) is 1. The van der Waals surface area contributed by atoms with Gasteiger partial charge in [-0.25, -0.2) is 5.84 Å². The molecule has 0 aliphatic heterocycles. The van der Waals surface area contributed by atoms with Gasteiger partial charge in [0.1, 0.15) is 0 Å². The van der Waals surface area contributed by atoms with Crippen LogP contribution in [-0.2, 0) is 0 Å². The number of hydrogen-bond acceptors (Lipinski definition) is 4. The Morgan fingerprint density at radius 1 is 1.36 bits per heavy atom. The van der Waals surface area contributed by atoms with Crippen molar-refractivity contribution in [3.63, 3.8) is 0 Å². The van der Waals surface area contributed by atoms with Gasteiger partial charge < -0.3 is 20.6 Å². The molecule has 74 valence electrons. The maximum atomic E-state index is 10.4. The maximum Gasteiger partial charge on any atom is 0.185 e. The van der Waals surface area contributed by atoms with E-state index in [9.17, 15) is 9.90 Å². The van der Waals surface area contributed by atoms with Gasteiger partial charge in [-0.05, 0) is 29.9 Å². The first-order valence-electron chi connectivity index (χ1n) is 3.72.